The van der Waals surface area contributed by atoms with Crippen LogP contribution >= 0.6 is 0 Å². The molecular formula is C25H24N6O. The van der Waals surface area contributed by atoms with E-state index in [1.54, 1.807) is 7.05 Å². The molecule has 0 unspecified atom stereocenters. The second-order valence-corrected chi connectivity index (χ2v) is 7.72. The molecule has 2 heterocycles. The van der Waals surface area contributed by atoms with E-state index in [0.29, 0.717) is 17.9 Å². The summed E-state index contributed by atoms with van der Waals surface area (Å²) in [6.45, 7) is 3.27. The number of fused-ring (bicyclic) bond motifs is 4. The topological polar surface area (TPSA) is 97.9 Å². The Kier molecular flexibility index (Phi) is 4.86. The van der Waals surface area contributed by atoms with E-state index in [4.69, 9.17) is 5.73 Å². The summed E-state index contributed by atoms with van der Waals surface area (Å²) in [6.07, 6.45) is 1.95. The highest BCUT2D eigenvalue weighted by molar-refractivity contribution is 6.17. The number of carbonyl (C=O) groups is 1. The maximum atomic E-state index is 13.3. The monoisotopic (exact) mass is 424 g/mol. The lowest BCUT2D eigenvalue weighted by molar-refractivity contribution is 0.0952. The Balaban J connectivity index is 1.49. The smallest absolute Gasteiger partial charge is 0.253 e. The highest BCUT2D eigenvalue weighted by Crippen LogP contribution is 2.30. The minimum Gasteiger partial charge on any atom is -0.372 e. The molecule has 0 aliphatic rings. The lowest BCUT2D eigenvalue weighted by atomic mass is 10.0. The van der Waals surface area contributed by atoms with Crippen LogP contribution in [0.5, 0.6) is 0 Å². The SMILES string of the molecule is CCn1cc(C(=O)NCc2ccc3nc(N)nc(NC)c3c2)c2c3ccccc3ccc21. The normalized spacial score (nSPS) is 11.3. The first-order valence-electron chi connectivity index (χ1n) is 10.6. The van der Waals surface area contributed by atoms with Crippen molar-refractivity contribution in [1.29, 1.82) is 0 Å². The summed E-state index contributed by atoms with van der Waals surface area (Å²) in [5.41, 5.74) is 9.25. The standard InChI is InChI=1S/C25H24N6O/c1-3-31-14-19(22-17-7-5-4-6-16(17)9-11-21(22)31)24(32)28-13-15-8-10-20-18(12-15)23(27-2)30-25(26)29-20/h4-12,14H,3,13H2,1-2H3,(H,28,32)(H3,26,27,29,30). The molecule has 0 radical (unpaired) electrons. The third-order valence-electron chi connectivity index (χ3n) is 5.82. The van der Waals surface area contributed by atoms with Crippen LogP contribution in [0.15, 0.2) is 60.8 Å². The summed E-state index contributed by atoms with van der Waals surface area (Å²) < 4.78 is 2.12. The van der Waals surface area contributed by atoms with E-state index in [1.165, 1.54) is 0 Å². The van der Waals surface area contributed by atoms with Crippen molar-refractivity contribution < 1.29 is 4.79 Å². The predicted octanol–water partition coefficient (Wildman–Crippen LogP) is 4.31. The molecule has 0 saturated heterocycles. The van der Waals surface area contributed by atoms with Gasteiger partial charge in [0.25, 0.3) is 5.91 Å². The number of nitrogens with two attached hydrogens (primary N) is 1. The molecule has 0 bridgehead atoms. The molecule has 0 aliphatic carbocycles. The number of anilines is 2. The number of aryl methyl sites for hydroxylation is 1. The van der Waals surface area contributed by atoms with E-state index < -0.39 is 0 Å². The Labute approximate surface area is 185 Å². The largest absolute Gasteiger partial charge is 0.372 e. The number of benzene rings is 3. The van der Waals surface area contributed by atoms with E-state index in [-0.39, 0.29) is 11.9 Å². The van der Waals surface area contributed by atoms with Crippen molar-refractivity contribution in [3.05, 3.63) is 71.9 Å². The third kappa shape index (κ3) is 3.28. The van der Waals surface area contributed by atoms with Crippen LogP contribution in [0.3, 0.4) is 0 Å². The van der Waals surface area contributed by atoms with Crippen molar-refractivity contribution in [2.75, 3.05) is 18.1 Å². The Morgan fingerprint density at radius 2 is 1.91 bits per heavy atom. The fraction of sp³-hybridized carbons (Fsp3) is 0.160. The van der Waals surface area contributed by atoms with Gasteiger partial charge in [-0.25, -0.2) is 4.98 Å². The minimum atomic E-state index is -0.0963. The van der Waals surface area contributed by atoms with Gasteiger partial charge in [0, 0.05) is 42.6 Å². The summed E-state index contributed by atoms with van der Waals surface area (Å²) in [4.78, 5) is 21.8. The summed E-state index contributed by atoms with van der Waals surface area (Å²) in [6, 6.07) is 18.2. The number of nitrogens with one attached hydrogen (secondary N) is 2. The first kappa shape index (κ1) is 19.8. The second kappa shape index (κ2) is 7.85. The molecular weight excluding hydrogens is 400 g/mol. The number of rotatable bonds is 5. The van der Waals surface area contributed by atoms with Crippen LogP contribution in [0.25, 0.3) is 32.6 Å². The zero-order chi connectivity index (χ0) is 22.2. The zero-order valence-corrected chi connectivity index (χ0v) is 18.0. The van der Waals surface area contributed by atoms with Crippen LogP contribution in [-0.4, -0.2) is 27.5 Å². The van der Waals surface area contributed by atoms with Crippen LogP contribution < -0.4 is 16.4 Å². The van der Waals surface area contributed by atoms with Crippen molar-refractivity contribution in [3.63, 3.8) is 0 Å². The van der Waals surface area contributed by atoms with E-state index in [0.717, 1.165) is 44.7 Å². The Morgan fingerprint density at radius 3 is 2.72 bits per heavy atom. The Bertz CT molecular complexity index is 1490. The second-order valence-electron chi connectivity index (χ2n) is 7.72. The molecule has 160 valence electrons. The van der Waals surface area contributed by atoms with Gasteiger partial charge in [-0.1, -0.05) is 36.4 Å². The van der Waals surface area contributed by atoms with Gasteiger partial charge in [0.05, 0.1) is 11.1 Å². The van der Waals surface area contributed by atoms with Crippen LogP contribution in [0.2, 0.25) is 0 Å². The molecule has 5 rings (SSSR count). The Morgan fingerprint density at radius 1 is 1.06 bits per heavy atom. The summed E-state index contributed by atoms with van der Waals surface area (Å²) in [5, 5.41) is 10.2. The number of nitrogen functional groups attached to an aromatic ring is 1. The third-order valence-corrected chi connectivity index (χ3v) is 5.82. The van der Waals surface area contributed by atoms with Gasteiger partial charge in [0.1, 0.15) is 5.82 Å². The molecule has 0 saturated carbocycles. The van der Waals surface area contributed by atoms with Crippen LogP contribution in [0, 0.1) is 0 Å². The molecule has 2 aromatic heterocycles. The maximum absolute atomic E-state index is 13.3. The summed E-state index contributed by atoms with van der Waals surface area (Å²) in [5.74, 6) is 0.793. The molecule has 5 aromatic rings. The number of nitrogens with zero attached hydrogens (tertiary/aromatic N) is 3. The maximum Gasteiger partial charge on any atom is 0.253 e. The van der Waals surface area contributed by atoms with Crippen molar-refractivity contribution >= 4 is 50.3 Å². The van der Waals surface area contributed by atoms with Gasteiger partial charge in [0.15, 0.2) is 0 Å². The van der Waals surface area contributed by atoms with Gasteiger partial charge in [0.2, 0.25) is 5.95 Å². The molecule has 0 fully saturated rings. The highest BCUT2D eigenvalue weighted by atomic mass is 16.1. The molecule has 0 aliphatic heterocycles. The molecule has 4 N–H and O–H groups in total. The average Bonchev–Trinajstić information content (AvgIpc) is 3.21. The number of carbonyl (C=O) groups excluding carboxylic acids is 1. The van der Waals surface area contributed by atoms with Crippen LogP contribution in [0.4, 0.5) is 11.8 Å². The van der Waals surface area contributed by atoms with Crippen molar-refractivity contribution in [3.8, 4) is 0 Å². The first-order chi connectivity index (χ1) is 15.6. The summed E-state index contributed by atoms with van der Waals surface area (Å²) >= 11 is 0. The van der Waals surface area contributed by atoms with E-state index in [9.17, 15) is 4.79 Å². The molecule has 32 heavy (non-hydrogen) atoms. The molecule has 3 aromatic carbocycles. The van der Waals surface area contributed by atoms with Crippen molar-refractivity contribution in [1.82, 2.24) is 19.9 Å². The van der Waals surface area contributed by atoms with Gasteiger partial charge >= 0.3 is 0 Å². The molecule has 7 heteroatoms. The zero-order valence-electron chi connectivity index (χ0n) is 18.0. The van der Waals surface area contributed by atoms with Crippen molar-refractivity contribution in [2.45, 2.75) is 20.0 Å². The predicted molar refractivity (Wildman–Crippen MR) is 130 cm³/mol. The first-order valence-corrected chi connectivity index (χ1v) is 10.6. The van der Waals surface area contributed by atoms with Gasteiger partial charge in [-0.2, -0.15) is 4.98 Å². The van der Waals surface area contributed by atoms with Crippen LogP contribution in [-0.2, 0) is 13.1 Å². The van der Waals surface area contributed by atoms with Gasteiger partial charge in [-0.15, -0.1) is 0 Å². The number of hydrogen-bond acceptors (Lipinski definition) is 5. The van der Waals surface area contributed by atoms with Gasteiger partial charge in [-0.05, 0) is 41.5 Å². The van der Waals surface area contributed by atoms with Crippen LogP contribution in [0.1, 0.15) is 22.8 Å². The van der Waals surface area contributed by atoms with E-state index in [1.807, 2.05) is 36.5 Å². The summed E-state index contributed by atoms with van der Waals surface area (Å²) in [7, 11) is 1.80. The fourth-order valence-corrected chi connectivity index (χ4v) is 4.28. The Hall–Kier alpha value is -4.13. The average molecular weight is 425 g/mol. The quantitative estimate of drug-likeness (QED) is 0.391. The molecule has 0 atom stereocenters. The van der Waals surface area contributed by atoms with Crippen molar-refractivity contribution in [2.24, 2.45) is 0 Å². The van der Waals surface area contributed by atoms with Gasteiger partial charge < -0.3 is 20.9 Å². The number of hydrogen-bond donors (Lipinski definition) is 3. The molecule has 7 nitrogen and oxygen atoms in total. The number of amides is 1. The van der Waals surface area contributed by atoms with E-state index >= 15 is 0 Å². The molecule has 0 spiro atoms. The van der Waals surface area contributed by atoms with E-state index in [2.05, 4.69) is 56.4 Å². The lowest BCUT2D eigenvalue weighted by Crippen LogP contribution is -2.22. The molecule has 1 amide bonds. The van der Waals surface area contributed by atoms with Gasteiger partial charge in [-0.3, -0.25) is 4.79 Å². The number of aromatic nitrogens is 3. The lowest BCUT2D eigenvalue weighted by Gasteiger charge is -2.09. The highest BCUT2D eigenvalue weighted by Gasteiger charge is 2.17. The minimum absolute atomic E-state index is 0.0963. The fourth-order valence-electron chi connectivity index (χ4n) is 4.28.